The number of hydrogen-bond donors (Lipinski definition) is 3. The Hall–Kier alpha value is -1.18. The Morgan fingerprint density at radius 1 is 0.565 bits per heavy atom. The highest BCUT2D eigenvalue weighted by atomic mass is 32.2. The number of aliphatic hydroxyl groups is 1. The summed E-state index contributed by atoms with van der Waals surface area (Å²) in [5.41, 5.74) is 0. The number of amides is 1. The molecule has 1 amide bonds. The molecule has 0 aromatic carbocycles. The number of allylic oxidation sites excluding steroid dienone is 3. The van der Waals surface area contributed by atoms with E-state index in [4.69, 9.17) is 0 Å². The average Bonchev–Trinajstić information content (AvgIpc) is 3.01. The molecule has 0 saturated carbocycles. The van der Waals surface area contributed by atoms with Crippen LogP contribution in [0.15, 0.2) is 24.3 Å². The molecule has 0 saturated heterocycles. The zero-order valence-electron chi connectivity index (χ0n) is 30.2. The first kappa shape index (κ1) is 44.8. The van der Waals surface area contributed by atoms with Crippen molar-refractivity contribution < 1.29 is 22.9 Å². The van der Waals surface area contributed by atoms with Crippen molar-refractivity contribution in [1.29, 1.82) is 0 Å². The number of unbranched alkanes of at least 4 members (excludes halogenated alkanes) is 25. The summed E-state index contributed by atoms with van der Waals surface area (Å²) in [6, 6.07) is -1.06. The van der Waals surface area contributed by atoms with Crippen molar-refractivity contribution in [2.24, 2.45) is 0 Å². The molecule has 0 bridgehead atoms. The number of carbonyl (C=O) groups is 1. The zero-order chi connectivity index (χ0) is 34.0. The van der Waals surface area contributed by atoms with E-state index in [1.54, 1.807) is 6.08 Å². The van der Waals surface area contributed by atoms with Gasteiger partial charge in [-0.25, -0.2) is 0 Å². The number of aliphatic hydroxyl groups excluding tert-OH is 1. The van der Waals surface area contributed by atoms with Crippen LogP contribution in [-0.2, 0) is 14.9 Å². The highest BCUT2D eigenvalue weighted by Crippen LogP contribution is 2.14. The van der Waals surface area contributed by atoms with Gasteiger partial charge in [0.15, 0.2) is 0 Å². The number of nitrogens with one attached hydrogen (secondary N) is 1. The van der Waals surface area contributed by atoms with E-state index in [0.29, 0.717) is 0 Å². The molecule has 3 N–H and O–H groups in total. The maximum Gasteiger partial charge on any atom is 0.267 e. The fourth-order valence-electron chi connectivity index (χ4n) is 5.91. The second-order valence-electron chi connectivity index (χ2n) is 13.6. The van der Waals surface area contributed by atoms with Gasteiger partial charge in [-0.3, -0.25) is 9.35 Å². The lowest BCUT2D eigenvalue weighted by Crippen LogP contribution is -2.46. The van der Waals surface area contributed by atoms with Gasteiger partial charge >= 0.3 is 0 Å². The van der Waals surface area contributed by atoms with Gasteiger partial charge in [0.2, 0.25) is 5.91 Å². The van der Waals surface area contributed by atoms with Crippen molar-refractivity contribution in [2.45, 2.75) is 212 Å². The predicted molar refractivity (Wildman–Crippen MR) is 198 cm³/mol. The van der Waals surface area contributed by atoms with Crippen LogP contribution in [-0.4, -0.2) is 41.9 Å². The van der Waals surface area contributed by atoms with Crippen molar-refractivity contribution >= 4 is 16.0 Å². The van der Waals surface area contributed by atoms with Crippen molar-refractivity contribution in [1.82, 2.24) is 5.32 Å². The molecule has 0 rings (SSSR count). The lowest BCUT2D eigenvalue weighted by atomic mass is 10.0. The third-order valence-corrected chi connectivity index (χ3v) is 9.65. The largest absolute Gasteiger partial charge is 0.387 e. The second-order valence-corrected chi connectivity index (χ2v) is 15.1. The monoisotopic (exact) mass is 670 g/mol. The van der Waals surface area contributed by atoms with E-state index in [0.717, 1.165) is 57.8 Å². The van der Waals surface area contributed by atoms with Gasteiger partial charge in [-0.15, -0.1) is 0 Å². The topological polar surface area (TPSA) is 104 Å². The molecule has 0 radical (unpaired) electrons. The summed E-state index contributed by atoms with van der Waals surface area (Å²) in [4.78, 5) is 12.5. The average molecular weight is 670 g/mol. The van der Waals surface area contributed by atoms with Crippen LogP contribution in [0.3, 0.4) is 0 Å². The van der Waals surface area contributed by atoms with Crippen molar-refractivity contribution in [3.8, 4) is 0 Å². The Morgan fingerprint density at radius 2 is 0.913 bits per heavy atom. The van der Waals surface area contributed by atoms with Gasteiger partial charge in [0.1, 0.15) is 0 Å². The Morgan fingerprint density at radius 3 is 1.30 bits per heavy atom. The minimum absolute atomic E-state index is 0.287. The van der Waals surface area contributed by atoms with Gasteiger partial charge in [0.05, 0.1) is 17.9 Å². The van der Waals surface area contributed by atoms with E-state index in [2.05, 4.69) is 31.3 Å². The smallest absolute Gasteiger partial charge is 0.267 e. The standard InChI is InChI=1S/C39H75NO5S/c1-3-5-7-9-11-13-15-17-19-20-21-22-24-26-28-30-32-34-38(41)37(36-46(43,44)45)40-39(42)35-33-31-29-27-25-23-18-16-14-12-10-8-6-4-2/h16,18,32,34,37-38,41H,3-15,17,19-31,33,35-36H2,1-2H3,(H,40,42)(H,43,44,45)/b18-16-,34-32+. The van der Waals surface area contributed by atoms with Gasteiger partial charge in [-0.1, -0.05) is 173 Å². The molecule has 0 aromatic rings. The summed E-state index contributed by atoms with van der Waals surface area (Å²) < 4.78 is 32.4. The van der Waals surface area contributed by atoms with Crippen molar-refractivity contribution in [3.05, 3.63) is 24.3 Å². The molecule has 6 nitrogen and oxygen atoms in total. The second kappa shape index (κ2) is 33.7. The number of hydrogen-bond acceptors (Lipinski definition) is 4. The molecule has 0 aliphatic carbocycles. The fraction of sp³-hybridized carbons (Fsp3) is 0.872. The predicted octanol–water partition coefficient (Wildman–Crippen LogP) is 11.2. The summed E-state index contributed by atoms with van der Waals surface area (Å²) in [6.07, 6.45) is 41.6. The Labute approximate surface area is 285 Å². The van der Waals surface area contributed by atoms with Crippen LogP contribution in [0.2, 0.25) is 0 Å². The highest BCUT2D eigenvalue weighted by molar-refractivity contribution is 7.85. The van der Waals surface area contributed by atoms with Gasteiger partial charge < -0.3 is 10.4 Å². The van der Waals surface area contributed by atoms with Gasteiger partial charge in [0, 0.05) is 6.42 Å². The first-order valence-corrected chi connectivity index (χ1v) is 21.1. The third kappa shape index (κ3) is 34.2. The molecule has 2 atom stereocenters. The fourth-order valence-corrected chi connectivity index (χ4v) is 6.65. The summed E-state index contributed by atoms with van der Waals surface area (Å²) in [5, 5.41) is 13.2. The number of carbonyl (C=O) groups excluding carboxylic acids is 1. The summed E-state index contributed by atoms with van der Waals surface area (Å²) in [6.45, 7) is 4.51. The van der Waals surface area contributed by atoms with E-state index in [9.17, 15) is 22.9 Å². The molecule has 2 unspecified atom stereocenters. The van der Waals surface area contributed by atoms with Crippen LogP contribution in [0, 0.1) is 0 Å². The normalized spacial score (nSPS) is 13.6. The molecule has 0 aromatic heterocycles. The van der Waals surface area contributed by atoms with Gasteiger partial charge in [-0.2, -0.15) is 8.42 Å². The van der Waals surface area contributed by atoms with Gasteiger partial charge in [0.25, 0.3) is 10.1 Å². The van der Waals surface area contributed by atoms with Crippen LogP contribution in [0.4, 0.5) is 0 Å². The first-order valence-electron chi connectivity index (χ1n) is 19.5. The molecule has 7 heteroatoms. The molecular weight excluding hydrogens is 594 g/mol. The van der Waals surface area contributed by atoms with Crippen molar-refractivity contribution in [3.63, 3.8) is 0 Å². The highest BCUT2D eigenvalue weighted by Gasteiger charge is 2.24. The lowest BCUT2D eigenvalue weighted by Gasteiger charge is -2.21. The van der Waals surface area contributed by atoms with Gasteiger partial charge in [-0.05, 0) is 44.9 Å². The molecule has 0 aliphatic rings. The number of rotatable bonds is 35. The first-order chi connectivity index (χ1) is 22.3. The summed E-state index contributed by atoms with van der Waals surface area (Å²) >= 11 is 0. The lowest BCUT2D eigenvalue weighted by molar-refractivity contribution is -0.122. The van der Waals surface area contributed by atoms with E-state index < -0.39 is 28.0 Å². The molecule has 0 spiro atoms. The van der Waals surface area contributed by atoms with Crippen LogP contribution >= 0.6 is 0 Å². The minimum atomic E-state index is -4.34. The summed E-state index contributed by atoms with van der Waals surface area (Å²) in [5.74, 6) is -0.986. The Bertz CT molecular complexity index is 826. The van der Waals surface area contributed by atoms with E-state index in [1.807, 2.05) is 6.08 Å². The van der Waals surface area contributed by atoms with E-state index in [-0.39, 0.29) is 12.3 Å². The minimum Gasteiger partial charge on any atom is -0.387 e. The molecule has 0 aliphatic heterocycles. The van der Waals surface area contributed by atoms with Crippen LogP contribution in [0.25, 0.3) is 0 Å². The zero-order valence-corrected chi connectivity index (χ0v) is 31.0. The molecule has 0 heterocycles. The maximum atomic E-state index is 12.5. The maximum absolute atomic E-state index is 12.5. The Balaban J connectivity index is 3.96. The molecule has 0 fully saturated rings. The van der Waals surface area contributed by atoms with Crippen LogP contribution in [0.5, 0.6) is 0 Å². The Kier molecular flexibility index (Phi) is 32.8. The molecular formula is C39H75NO5S. The van der Waals surface area contributed by atoms with E-state index >= 15 is 0 Å². The molecule has 272 valence electrons. The van der Waals surface area contributed by atoms with Crippen LogP contribution in [0.1, 0.15) is 200 Å². The third-order valence-electron chi connectivity index (χ3n) is 8.87. The quantitative estimate of drug-likeness (QED) is 0.0354. The molecule has 46 heavy (non-hydrogen) atoms. The SMILES string of the molecule is CCCCCCC/C=C\CCCCCCCC(=O)NC(CS(=O)(=O)O)C(O)/C=C/CCCCCCCCCCCCCCCCC. The van der Waals surface area contributed by atoms with E-state index in [1.165, 1.54) is 122 Å². The summed E-state index contributed by atoms with van der Waals surface area (Å²) in [7, 11) is -4.34. The van der Waals surface area contributed by atoms with Crippen LogP contribution < -0.4 is 5.32 Å². The van der Waals surface area contributed by atoms with Crippen molar-refractivity contribution in [2.75, 3.05) is 5.75 Å².